The lowest BCUT2D eigenvalue weighted by atomic mass is 9.78. The van der Waals surface area contributed by atoms with Crippen LogP contribution in [0.1, 0.15) is 68.5 Å². The van der Waals surface area contributed by atoms with Crippen molar-refractivity contribution in [1.82, 2.24) is 0 Å². The van der Waals surface area contributed by atoms with Crippen molar-refractivity contribution < 1.29 is 14.3 Å². The van der Waals surface area contributed by atoms with E-state index < -0.39 is 6.04 Å². The minimum atomic E-state index is -0.552. The minimum Gasteiger partial charge on any atom is -0.497 e. The van der Waals surface area contributed by atoms with Gasteiger partial charge in [-0.1, -0.05) is 67.8 Å². The number of hydrogen-bond donors (Lipinski definition) is 1. The Morgan fingerprint density at radius 2 is 1.79 bits per heavy atom. The van der Waals surface area contributed by atoms with Crippen LogP contribution in [0.25, 0.3) is 0 Å². The van der Waals surface area contributed by atoms with Crippen LogP contribution < -0.4 is 15.0 Å². The summed E-state index contributed by atoms with van der Waals surface area (Å²) in [7, 11) is 1.63. The molecule has 5 rings (SSSR count). The van der Waals surface area contributed by atoms with E-state index in [1.807, 2.05) is 77.7 Å². The number of anilines is 2. The molecule has 0 radical (unpaired) electrons. The van der Waals surface area contributed by atoms with Crippen LogP contribution in [-0.4, -0.2) is 18.8 Å². The van der Waals surface area contributed by atoms with Crippen LogP contribution in [0.5, 0.6) is 5.75 Å². The number of para-hydroxylation sites is 2. The summed E-state index contributed by atoms with van der Waals surface area (Å²) in [6.07, 6.45) is 4.29. The molecule has 0 saturated carbocycles. The van der Waals surface area contributed by atoms with Gasteiger partial charge >= 0.3 is 0 Å². The molecule has 1 aliphatic carbocycles. The Morgan fingerprint density at radius 1 is 1.00 bits per heavy atom. The number of fused-ring (bicyclic) bond motifs is 1. The van der Waals surface area contributed by atoms with Crippen molar-refractivity contribution in [3.05, 3.63) is 100 Å². The maximum Gasteiger partial charge on any atom is 0.227 e. The number of amides is 1. The van der Waals surface area contributed by atoms with Crippen molar-refractivity contribution >= 4 is 34.7 Å². The van der Waals surface area contributed by atoms with Gasteiger partial charge in [-0.2, -0.15) is 0 Å². The molecule has 196 valence electrons. The Hall–Kier alpha value is -3.57. The smallest absolute Gasteiger partial charge is 0.227 e. The number of unbranched alkanes of at least 4 members (excludes halogenated alkanes) is 2. The highest BCUT2D eigenvalue weighted by molar-refractivity contribution is 6.30. The summed E-state index contributed by atoms with van der Waals surface area (Å²) in [5.41, 5.74) is 5.08. The molecule has 0 aromatic heterocycles. The second-order valence-corrected chi connectivity index (χ2v) is 10.5. The number of ether oxygens (including phenoxy) is 1. The highest BCUT2D eigenvalue weighted by atomic mass is 35.5. The zero-order chi connectivity index (χ0) is 26.6. The quantitative estimate of drug-likeness (QED) is 0.317. The maximum absolute atomic E-state index is 14.1. The van der Waals surface area contributed by atoms with Crippen LogP contribution in [0.15, 0.2) is 84.1 Å². The molecule has 0 bridgehead atoms. The minimum absolute atomic E-state index is 0.0156. The van der Waals surface area contributed by atoms with Crippen LogP contribution in [0, 0.1) is 0 Å². The highest BCUT2D eigenvalue weighted by Gasteiger charge is 2.41. The topological polar surface area (TPSA) is 58.6 Å². The van der Waals surface area contributed by atoms with Gasteiger partial charge in [0.15, 0.2) is 5.78 Å². The number of benzene rings is 3. The molecule has 38 heavy (non-hydrogen) atoms. The third kappa shape index (κ3) is 5.21. The molecular weight excluding hydrogens is 496 g/mol. The van der Waals surface area contributed by atoms with Crippen molar-refractivity contribution in [2.75, 3.05) is 17.3 Å². The molecule has 3 aromatic carbocycles. The zero-order valence-corrected chi connectivity index (χ0v) is 22.6. The largest absolute Gasteiger partial charge is 0.497 e. The number of carbonyl (C=O) groups excluding carboxylic acids is 2. The van der Waals surface area contributed by atoms with E-state index in [1.54, 1.807) is 7.11 Å². The van der Waals surface area contributed by atoms with E-state index in [0.29, 0.717) is 35.6 Å². The van der Waals surface area contributed by atoms with Gasteiger partial charge in [-0.3, -0.25) is 14.5 Å². The number of hydrogen-bond acceptors (Lipinski definition) is 4. The van der Waals surface area contributed by atoms with Gasteiger partial charge in [0.2, 0.25) is 5.91 Å². The first kappa shape index (κ1) is 26.1. The summed E-state index contributed by atoms with van der Waals surface area (Å²) in [5, 5.41) is 4.26. The SMILES string of the molecule is CCCCCC(=O)N1c2ccccc2NC2=C(C(=O)C[C@H](c3ccc(Cl)cc3)C2)[C@H]1c1cccc(OC)c1. The number of nitrogens with one attached hydrogen (secondary N) is 1. The van der Waals surface area contributed by atoms with Gasteiger partial charge in [-0.25, -0.2) is 0 Å². The summed E-state index contributed by atoms with van der Waals surface area (Å²) in [6.45, 7) is 2.13. The Balaban J connectivity index is 1.67. The first-order chi connectivity index (χ1) is 18.5. The van der Waals surface area contributed by atoms with Crippen LogP contribution in [0.4, 0.5) is 11.4 Å². The van der Waals surface area contributed by atoms with Crippen molar-refractivity contribution in [3.63, 3.8) is 0 Å². The number of nitrogens with zero attached hydrogens (tertiary/aromatic N) is 1. The molecule has 6 heteroatoms. The van der Waals surface area contributed by atoms with E-state index in [4.69, 9.17) is 16.3 Å². The first-order valence-corrected chi connectivity index (χ1v) is 13.7. The Bertz CT molecular complexity index is 1370. The summed E-state index contributed by atoms with van der Waals surface area (Å²) in [6, 6.07) is 22.8. The number of ketones is 1. The number of rotatable bonds is 7. The second kappa shape index (κ2) is 11.4. The summed E-state index contributed by atoms with van der Waals surface area (Å²) < 4.78 is 5.54. The molecule has 0 saturated heterocycles. The molecule has 5 nitrogen and oxygen atoms in total. The first-order valence-electron chi connectivity index (χ1n) is 13.3. The predicted molar refractivity (Wildman–Crippen MR) is 153 cm³/mol. The molecule has 2 aliphatic rings. The molecule has 1 aliphatic heterocycles. The van der Waals surface area contributed by atoms with E-state index in [-0.39, 0.29) is 17.6 Å². The predicted octanol–water partition coefficient (Wildman–Crippen LogP) is 7.83. The lowest BCUT2D eigenvalue weighted by molar-refractivity contribution is -0.119. The number of allylic oxidation sites excluding steroid dienone is 1. The molecular formula is C32H33ClN2O3. The maximum atomic E-state index is 14.1. The monoisotopic (exact) mass is 528 g/mol. The molecule has 1 heterocycles. The van der Waals surface area contributed by atoms with Crippen LogP contribution in [0.3, 0.4) is 0 Å². The van der Waals surface area contributed by atoms with Crippen LogP contribution in [0.2, 0.25) is 5.02 Å². The molecule has 1 N–H and O–H groups in total. The Morgan fingerprint density at radius 3 is 2.55 bits per heavy atom. The van der Waals surface area contributed by atoms with Crippen LogP contribution in [-0.2, 0) is 9.59 Å². The van der Waals surface area contributed by atoms with Crippen molar-refractivity contribution in [2.45, 2.75) is 57.4 Å². The van der Waals surface area contributed by atoms with Gasteiger partial charge in [0.1, 0.15) is 5.75 Å². The van der Waals surface area contributed by atoms with E-state index >= 15 is 0 Å². The third-order valence-electron chi connectivity index (χ3n) is 7.50. The summed E-state index contributed by atoms with van der Waals surface area (Å²) >= 11 is 6.13. The van der Waals surface area contributed by atoms with Gasteiger partial charge in [0.05, 0.1) is 24.5 Å². The summed E-state index contributed by atoms with van der Waals surface area (Å²) in [5.74, 6) is 0.777. The molecule has 0 unspecified atom stereocenters. The highest BCUT2D eigenvalue weighted by Crippen LogP contribution is 2.48. The van der Waals surface area contributed by atoms with Gasteiger partial charge in [0.25, 0.3) is 0 Å². The Kier molecular flexibility index (Phi) is 7.85. The average molecular weight is 529 g/mol. The van der Waals surface area contributed by atoms with E-state index in [9.17, 15) is 9.59 Å². The Labute approximate surface area is 229 Å². The van der Waals surface area contributed by atoms with Crippen molar-refractivity contribution in [2.24, 2.45) is 0 Å². The summed E-state index contributed by atoms with van der Waals surface area (Å²) in [4.78, 5) is 29.8. The average Bonchev–Trinajstić information content (AvgIpc) is 3.08. The molecule has 1 amide bonds. The van der Waals surface area contributed by atoms with Gasteiger partial charge < -0.3 is 10.1 Å². The number of halogens is 1. The number of Topliss-reactive ketones (excluding diaryl/α,β-unsaturated/α-hetero) is 1. The van der Waals surface area contributed by atoms with E-state index in [2.05, 4.69) is 12.2 Å². The van der Waals surface area contributed by atoms with E-state index in [0.717, 1.165) is 47.5 Å². The molecule has 2 atom stereocenters. The van der Waals surface area contributed by atoms with E-state index in [1.165, 1.54) is 0 Å². The van der Waals surface area contributed by atoms with Crippen LogP contribution >= 0.6 is 11.6 Å². The number of carbonyl (C=O) groups is 2. The lowest BCUT2D eigenvalue weighted by Crippen LogP contribution is -2.38. The van der Waals surface area contributed by atoms with Crippen molar-refractivity contribution in [3.8, 4) is 5.75 Å². The normalized spacial score (nSPS) is 18.8. The fourth-order valence-electron chi connectivity index (χ4n) is 5.61. The standard InChI is InChI=1S/C32H33ClN2O3/c1-3-4-5-13-30(37)35-28-12-7-6-11-26(28)34-27-19-23(21-14-16-24(33)17-15-21)20-29(36)31(27)32(35)22-9-8-10-25(18-22)38-2/h6-12,14-18,23,32,34H,3-5,13,19-20H2,1-2H3/t23-,32-/m1/s1. The molecule has 3 aromatic rings. The van der Waals surface area contributed by atoms with Gasteiger partial charge in [0, 0.05) is 29.1 Å². The van der Waals surface area contributed by atoms with Gasteiger partial charge in [-0.15, -0.1) is 0 Å². The fraction of sp³-hybridized carbons (Fsp3) is 0.312. The number of methoxy groups -OCH3 is 1. The molecule has 0 spiro atoms. The zero-order valence-electron chi connectivity index (χ0n) is 21.9. The second-order valence-electron chi connectivity index (χ2n) is 10.0. The lowest BCUT2D eigenvalue weighted by Gasteiger charge is -2.35. The van der Waals surface area contributed by atoms with Gasteiger partial charge in [-0.05, 0) is 66.3 Å². The van der Waals surface area contributed by atoms with Crippen molar-refractivity contribution in [1.29, 1.82) is 0 Å². The molecule has 0 fully saturated rings. The third-order valence-corrected chi connectivity index (χ3v) is 7.75. The fourth-order valence-corrected chi connectivity index (χ4v) is 5.74.